The van der Waals surface area contributed by atoms with Crippen LogP contribution in [0.3, 0.4) is 0 Å². The monoisotopic (exact) mass is 534 g/mol. The molecule has 1 amide bonds. The number of hydrogen-bond acceptors (Lipinski definition) is 9. The van der Waals surface area contributed by atoms with Crippen molar-refractivity contribution in [3.63, 3.8) is 0 Å². The van der Waals surface area contributed by atoms with Crippen LogP contribution >= 0.6 is 11.3 Å². The lowest BCUT2D eigenvalue weighted by atomic mass is 9.84. The molecule has 9 nitrogen and oxygen atoms in total. The number of hydrogen-bond donors (Lipinski definition) is 1. The van der Waals surface area contributed by atoms with Crippen molar-refractivity contribution < 1.29 is 22.7 Å². The maximum atomic E-state index is 12.2. The molecule has 0 radical (unpaired) electrons. The van der Waals surface area contributed by atoms with E-state index in [2.05, 4.69) is 26.2 Å². The third kappa shape index (κ3) is 6.12. The number of carbonyl (C=O) groups is 1. The van der Waals surface area contributed by atoms with Crippen LogP contribution in [0, 0.1) is 5.92 Å². The predicted octanol–water partition coefficient (Wildman–Crippen LogP) is 3.34. The summed E-state index contributed by atoms with van der Waals surface area (Å²) < 4.78 is 34.5. The van der Waals surface area contributed by atoms with E-state index in [9.17, 15) is 13.2 Å². The van der Waals surface area contributed by atoms with E-state index >= 15 is 0 Å². The summed E-state index contributed by atoms with van der Waals surface area (Å²) >= 11 is 0.966. The van der Waals surface area contributed by atoms with Crippen LogP contribution in [0.15, 0.2) is 28.6 Å². The summed E-state index contributed by atoms with van der Waals surface area (Å²) in [6.07, 6.45) is 8.77. The highest BCUT2D eigenvalue weighted by Gasteiger charge is 2.27. The number of piperazine rings is 1. The van der Waals surface area contributed by atoms with Gasteiger partial charge in [0.1, 0.15) is 4.21 Å². The molecule has 0 spiro atoms. The summed E-state index contributed by atoms with van der Waals surface area (Å²) in [5, 5.41) is 3.24. The first-order valence-corrected chi connectivity index (χ1v) is 15.4. The second-order valence-electron chi connectivity index (χ2n) is 9.94. The third-order valence-corrected chi connectivity index (χ3v) is 10.2. The number of amides is 1. The molecule has 2 fully saturated rings. The van der Waals surface area contributed by atoms with Gasteiger partial charge in [-0.25, -0.2) is 18.2 Å². The van der Waals surface area contributed by atoms with Crippen molar-refractivity contribution in [2.24, 2.45) is 5.92 Å². The third-order valence-electron chi connectivity index (χ3n) is 7.39. The molecule has 1 N–H and O–H groups in total. The summed E-state index contributed by atoms with van der Waals surface area (Å²) in [4.78, 5) is 21.8. The second-order valence-corrected chi connectivity index (χ2v) is 13.2. The van der Waals surface area contributed by atoms with Crippen molar-refractivity contribution in [1.82, 2.24) is 15.2 Å². The fraction of sp³-hybridized carbons (Fsp3) is 0.600. The van der Waals surface area contributed by atoms with Gasteiger partial charge in [0.15, 0.2) is 26.5 Å². The van der Waals surface area contributed by atoms with Gasteiger partial charge in [0.2, 0.25) is 0 Å². The number of ether oxygens (including phenoxy) is 2. The van der Waals surface area contributed by atoms with Gasteiger partial charge in [-0.3, -0.25) is 4.90 Å². The molecule has 5 rings (SSSR count). The zero-order valence-electron chi connectivity index (χ0n) is 20.6. The van der Waals surface area contributed by atoms with Gasteiger partial charge in [-0.05, 0) is 62.8 Å². The van der Waals surface area contributed by atoms with Gasteiger partial charge in [0, 0.05) is 56.7 Å². The lowest BCUT2D eigenvalue weighted by molar-refractivity contribution is 0.183. The molecule has 36 heavy (non-hydrogen) atoms. The molecule has 0 atom stereocenters. The minimum atomic E-state index is -3.29. The van der Waals surface area contributed by atoms with Gasteiger partial charge >= 0.3 is 6.09 Å². The molecule has 196 valence electrons. The number of anilines is 1. The summed E-state index contributed by atoms with van der Waals surface area (Å²) in [7, 11) is -3.29. The molecule has 2 aromatic rings. The van der Waals surface area contributed by atoms with Crippen LogP contribution in [0.1, 0.15) is 37.7 Å². The van der Waals surface area contributed by atoms with Crippen LogP contribution in [0.5, 0.6) is 10.8 Å². The van der Waals surface area contributed by atoms with E-state index < -0.39 is 15.9 Å². The summed E-state index contributed by atoms with van der Waals surface area (Å²) in [5.74, 6) is 2.66. The molecule has 1 saturated heterocycles. The average Bonchev–Trinajstić information content (AvgIpc) is 3.53. The van der Waals surface area contributed by atoms with Crippen LogP contribution < -0.4 is 19.7 Å². The first kappa shape index (κ1) is 25.3. The molecule has 1 saturated carbocycles. The zero-order chi connectivity index (χ0) is 25.1. The molecule has 2 aliphatic heterocycles. The van der Waals surface area contributed by atoms with Crippen molar-refractivity contribution in [2.45, 2.75) is 48.8 Å². The molecular formula is C25H34N4O5S2. The molecule has 0 aromatic carbocycles. The fourth-order valence-corrected chi connectivity index (χ4v) is 7.06. The number of pyridine rings is 1. The Labute approximate surface area is 216 Å². The molecule has 4 heterocycles. The van der Waals surface area contributed by atoms with Gasteiger partial charge in [-0.1, -0.05) is 11.3 Å². The highest BCUT2D eigenvalue weighted by atomic mass is 32.2. The first-order chi connectivity index (χ1) is 17.3. The molecular weight excluding hydrogens is 500 g/mol. The van der Waals surface area contributed by atoms with E-state index in [1.54, 1.807) is 0 Å². The highest BCUT2D eigenvalue weighted by Crippen LogP contribution is 2.35. The van der Waals surface area contributed by atoms with E-state index in [0.717, 1.165) is 101 Å². The average molecular weight is 535 g/mol. The smallest absolute Gasteiger partial charge is 0.413 e. The lowest BCUT2D eigenvalue weighted by Gasteiger charge is -2.37. The highest BCUT2D eigenvalue weighted by molar-refractivity contribution is 7.92. The Hall–Kier alpha value is -2.37. The normalized spacial score (nSPS) is 22.6. The predicted molar refractivity (Wildman–Crippen MR) is 139 cm³/mol. The Kier molecular flexibility index (Phi) is 7.68. The van der Waals surface area contributed by atoms with Crippen LogP contribution in [0.2, 0.25) is 0 Å². The molecule has 1 aliphatic carbocycles. The number of fused-ring (bicyclic) bond motifs is 1. The second kappa shape index (κ2) is 10.9. The number of sulfone groups is 1. The van der Waals surface area contributed by atoms with Gasteiger partial charge in [0.25, 0.3) is 0 Å². The maximum absolute atomic E-state index is 12.2. The molecule has 0 bridgehead atoms. The Morgan fingerprint density at radius 2 is 1.94 bits per heavy atom. The maximum Gasteiger partial charge on any atom is 0.413 e. The van der Waals surface area contributed by atoms with Crippen LogP contribution in [-0.4, -0.2) is 76.0 Å². The molecule has 11 heteroatoms. The fourth-order valence-electron chi connectivity index (χ4n) is 5.31. The van der Waals surface area contributed by atoms with Gasteiger partial charge in [0.05, 0.1) is 6.61 Å². The Bertz CT molecular complexity index is 1170. The number of nitrogens with zero attached hydrogens (tertiary/aromatic N) is 3. The van der Waals surface area contributed by atoms with Crippen LogP contribution in [-0.2, 0) is 16.3 Å². The Morgan fingerprint density at radius 3 is 2.67 bits per heavy atom. The van der Waals surface area contributed by atoms with E-state index in [-0.39, 0.29) is 10.3 Å². The van der Waals surface area contributed by atoms with Crippen LogP contribution in [0.25, 0.3) is 0 Å². The largest absolute Gasteiger partial charge is 0.489 e. The quantitative estimate of drug-likeness (QED) is 0.577. The minimum absolute atomic E-state index is 0.106. The lowest BCUT2D eigenvalue weighted by Crippen LogP contribution is -2.47. The number of carbonyl (C=O) groups excluding carboxylic acids is 1. The zero-order valence-corrected chi connectivity index (χ0v) is 22.3. The summed E-state index contributed by atoms with van der Waals surface area (Å²) in [5.41, 5.74) is 1.27. The van der Waals surface area contributed by atoms with E-state index in [1.807, 2.05) is 6.20 Å². The van der Waals surface area contributed by atoms with Gasteiger partial charge in [-0.2, -0.15) is 0 Å². The van der Waals surface area contributed by atoms with Gasteiger partial charge < -0.3 is 19.7 Å². The number of nitrogens with one attached hydrogen (secondary N) is 1. The van der Waals surface area contributed by atoms with E-state index in [1.165, 1.54) is 24.1 Å². The minimum Gasteiger partial charge on any atom is -0.489 e. The molecule has 3 aliphatic rings. The van der Waals surface area contributed by atoms with E-state index in [0.29, 0.717) is 11.0 Å². The molecule has 2 aromatic heterocycles. The SMILES string of the molecule is CS(=O)(=O)c1ccc(OC(=O)NC2CCC(CCN3CCN(c4nccc5c4OCC5)CC3)CC2)s1. The van der Waals surface area contributed by atoms with Gasteiger partial charge in [-0.15, -0.1) is 0 Å². The van der Waals surface area contributed by atoms with Crippen molar-refractivity contribution in [3.8, 4) is 10.8 Å². The van der Waals surface area contributed by atoms with Crippen molar-refractivity contribution in [3.05, 3.63) is 30.0 Å². The number of aromatic nitrogens is 1. The van der Waals surface area contributed by atoms with Crippen molar-refractivity contribution in [1.29, 1.82) is 0 Å². The summed E-state index contributed by atoms with van der Waals surface area (Å²) in [6, 6.07) is 5.16. The van der Waals surface area contributed by atoms with Crippen molar-refractivity contribution >= 4 is 33.1 Å². The number of rotatable bonds is 7. The van der Waals surface area contributed by atoms with Crippen LogP contribution in [0.4, 0.5) is 10.6 Å². The Balaban J connectivity index is 0.996. The first-order valence-electron chi connectivity index (χ1n) is 12.7. The standard InChI is InChI=1S/C25H34N4O5S2/c1-36(31,32)22-7-6-21(35-22)34-25(30)27-20-4-2-18(3-5-20)9-12-28-13-15-29(16-14-28)24-23-19(8-11-26-24)10-17-33-23/h6-8,11,18,20H,2-5,9-10,12-17H2,1H3,(H,27,30). The summed E-state index contributed by atoms with van der Waals surface area (Å²) in [6.45, 7) is 5.89. The molecule has 0 unspecified atom stereocenters. The number of thiophene rings is 1. The van der Waals surface area contributed by atoms with E-state index in [4.69, 9.17) is 9.47 Å². The topological polar surface area (TPSA) is 101 Å². The Morgan fingerprint density at radius 1 is 1.17 bits per heavy atom. The van der Waals surface area contributed by atoms with Crippen molar-refractivity contribution in [2.75, 3.05) is 50.5 Å².